The second-order valence-corrected chi connectivity index (χ2v) is 8.84. The Morgan fingerprint density at radius 1 is 1.24 bits per heavy atom. The molecule has 0 amide bonds. The van der Waals surface area contributed by atoms with Crippen molar-refractivity contribution in [3.8, 4) is 12.3 Å². The zero-order valence-electron chi connectivity index (χ0n) is 15.3. The summed E-state index contributed by atoms with van der Waals surface area (Å²) in [7, 11) is 0. The zero-order chi connectivity index (χ0) is 17.7. The van der Waals surface area contributed by atoms with E-state index in [9.17, 15) is 9.90 Å². The predicted octanol–water partition coefficient (Wildman–Crippen LogP) is 3.51. The molecule has 3 fully saturated rings. The Kier molecular flexibility index (Phi) is 4.33. The van der Waals surface area contributed by atoms with Crippen LogP contribution in [0.3, 0.4) is 0 Å². The molecule has 3 saturated carbocycles. The van der Waals surface area contributed by atoms with Crippen LogP contribution in [0.1, 0.15) is 58.3 Å². The van der Waals surface area contributed by atoms with E-state index in [1.165, 1.54) is 18.4 Å². The summed E-state index contributed by atoms with van der Waals surface area (Å²) in [6.07, 6.45) is 16.4. The molecular weight excluding hydrogens is 312 g/mol. The zero-order valence-corrected chi connectivity index (χ0v) is 15.3. The van der Waals surface area contributed by atoms with Gasteiger partial charge in [0.25, 0.3) is 0 Å². The number of terminal acetylenes is 1. The molecule has 3 nitrogen and oxygen atoms in total. The van der Waals surface area contributed by atoms with Crippen molar-refractivity contribution in [1.82, 2.24) is 0 Å². The van der Waals surface area contributed by atoms with Crippen molar-refractivity contribution in [2.45, 2.75) is 63.9 Å². The number of allylic oxidation sites excluding steroid dienone is 1. The Morgan fingerprint density at radius 2 is 2.08 bits per heavy atom. The van der Waals surface area contributed by atoms with Crippen LogP contribution in [-0.4, -0.2) is 29.7 Å². The van der Waals surface area contributed by atoms with Crippen LogP contribution in [0.25, 0.3) is 0 Å². The minimum Gasteiger partial charge on any atom is -0.394 e. The number of hydrogen-bond acceptors (Lipinski definition) is 3. The molecule has 1 unspecified atom stereocenters. The molecular formula is C22H30O3. The number of hydrogen-bond donors (Lipinski definition) is 1. The van der Waals surface area contributed by atoms with E-state index in [0.717, 1.165) is 44.4 Å². The molecule has 3 heteroatoms. The molecule has 0 radical (unpaired) electrons. The number of carbonyl (C=O) groups is 1. The molecule has 136 valence electrons. The van der Waals surface area contributed by atoms with Gasteiger partial charge in [-0.15, -0.1) is 6.42 Å². The molecule has 0 aromatic heterocycles. The number of rotatable bonds is 3. The number of fused-ring (bicyclic) bond motifs is 5. The van der Waals surface area contributed by atoms with E-state index < -0.39 is 5.60 Å². The molecule has 4 aliphatic rings. The topological polar surface area (TPSA) is 46.5 Å². The Bertz CT molecular complexity index is 630. The Labute approximate surface area is 151 Å². The molecule has 1 N–H and O–H groups in total. The molecule has 4 aliphatic carbocycles. The van der Waals surface area contributed by atoms with E-state index in [1.807, 2.05) is 6.08 Å². The fourth-order valence-corrected chi connectivity index (χ4v) is 6.91. The van der Waals surface area contributed by atoms with Crippen LogP contribution in [0.15, 0.2) is 11.6 Å². The molecule has 0 spiro atoms. The summed E-state index contributed by atoms with van der Waals surface area (Å²) < 4.78 is 6.12. The van der Waals surface area contributed by atoms with Gasteiger partial charge < -0.3 is 9.84 Å². The van der Waals surface area contributed by atoms with E-state index in [1.54, 1.807) is 0 Å². The first-order valence-corrected chi connectivity index (χ1v) is 10.0. The molecule has 0 saturated heterocycles. The first-order chi connectivity index (χ1) is 12.0. The van der Waals surface area contributed by atoms with E-state index in [0.29, 0.717) is 30.1 Å². The van der Waals surface area contributed by atoms with Crippen molar-refractivity contribution >= 4 is 5.78 Å². The molecule has 0 aliphatic heterocycles. The lowest BCUT2D eigenvalue weighted by molar-refractivity contribution is -0.127. The first-order valence-electron chi connectivity index (χ1n) is 10.0. The van der Waals surface area contributed by atoms with Crippen molar-refractivity contribution < 1.29 is 14.6 Å². The lowest BCUT2D eigenvalue weighted by Gasteiger charge is -2.55. The second-order valence-electron chi connectivity index (χ2n) is 8.84. The summed E-state index contributed by atoms with van der Waals surface area (Å²) in [6.45, 7) is 2.70. The second kappa shape index (κ2) is 6.25. The third-order valence-corrected chi connectivity index (χ3v) is 8.09. The quantitative estimate of drug-likeness (QED) is 0.799. The highest BCUT2D eigenvalue weighted by molar-refractivity contribution is 5.91. The molecule has 0 heterocycles. The maximum atomic E-state index is 11.8. The summed E-state index contributed by atoms with van der Waals surface area (Å²) >= 11 is 0. The molecule has 0 aromatic rings. The summed E-state index contributed by atoms with van der Waals surface area (Å²) in [6, 6.07) is 0. The normalized spacial score (nSPS) is 45.8. The molecule has 0 bridgehead atoms. The smallest absolute Gasteiger partial charge is 0.155 e. The van der Waals surface area contributed by atoms with E-state index in [-0.39, 0.29) is 12.0 Å². The number of ether oxygens (including phenoxy) is 1. The minimum absolute atomic E-state index is 0.0176. The molecule has 0 aromatic carbocycles. The van der Waals surface area contributed by atoms with E-state index in [4.69, 9.17) is 11.2 Å². The Balaban J connectivity index is 1.61. The predicted molar refractivity (Wildman–Crippen MR) is 96.7 cm³/mol. The molecule has 25 heavy (non-hydrogen) atoms. The van der Waals surface area contributed by atoms with Gasteiger partial charge in [-0.25, -0.2) is 0 Å². The van der Waals surface area contributed by atoms with Gasteiger partial charge in [0.2, 0.25) is 0 Å². The lowest BCUT2D eigenvalue weighted by Crippen LogP contribution is -2.53. The van der Waals surface area contributed by atoms with Gasteiger partial charge in [0.05, 0.1) is 13.2 Å². The first kappa shape index (κ1) is 17.3. The monoisotopic (exact) mass is 342 g/mol. The number of carbonyl (C=O) groups excluding carboxylic acids is 1. The van der Waals surface area contributed by atoms with Crippen LogP contribution in [0, 0.1) is 41.4 Å². The Hall–Kier alpha value is -1.11. The van der Waals surface area contributed by atoms with Gasteiger partial charge in [-0.3, -0.25) is 4.79 Å². The van der Waals surface area contributed by atoms with Gasteiger partial charge in [-0.2, -0.15) is 0 Å². The average molecular weight is 342 g/mol. The summed E-state index contributed by atoms with van der Waals surface area (Å²) in [5.74, 6) is 6.02. The van der Waals surface area contributed by atoms with Crippen LogP contribution in [0.4, 0.5) is 0 Å². The van der Waals surface area contributed by atoms with E-state index >= 15 is 0 Å². The summed E-state index contributed by atoms with van der Waals surface area (Å²) in [5, 5.41) is 9.23. The van der Waals surface area contributed by atoms with Gasteiger partial charge >= 0.3 is 0 Å². The third kappa shape index (κ3) is 2.45. The average Bonchev–Trinajstić information content (AvgIpc) is 2.92. The van der Waals surface area contributed by atoms with Crippen LogP contribution < -0.4 is 0 Å². The van der Waals surface area contributed by atoms with Gasteiger partial charge in [0.15, 0.2) is 5.78 Å². The summed E-state index contributed by atoms with van der Waals surface area (Å²) in [5.41, 5.74) is 0.937. The standard InChI is InChI=1S/C22H30O3/c1-3-22(25-13-12-23)11-9-20-19-6-4-15-14-16(24)5-7-17(15)18(19)8-10-21(20,22)2/h1,14,17-20,23H,4-13H2,2H3/t17-,18-,19+,20+,21-,22?/m0/s1. The van der Waals surface area contributed by atoms with Gasteiger partial charge in [-0.1, -0.05) is 18.4 Å². The van der Waals surface area contributed by atoms with Crippen molar-refractivity contribution in [3.05, 3.63) is 11.6 Å². The van der Waals surface area contributed by atoms with Gasteiger partial charge in [0.1, 0.15) is 5.60 Å². The fourth-order valence-electron chi connectivity index (χ4n) is 6.91. The molecule has 4 rings (SSSR count). The largest absolute Gasteiger partial charge is 0.394 e. The molecule has 6 atom stereocenters. The number of ketones is 1. The van der Waals surface area contributed by atoms with Crippen LogP contribution >= 0.6 is 0 Å². The fraction of sp³-hybridized carbons (Fsp3) is 0.773. The third-order valence-electron chi connectivity index (χ3n) is 8.09. The maximum Gasteiger partial charge on any atom is 0.155 e. The van der Waals surface area contributed by atoms with Crippen LogP contribution in [0.5, 0.6) is 0 Å². The highest BCUT2D eigenvalue weighted by Gasteiger charge is 2.63. The number of aliphatic hydroxyl groups is 1. The SMILES string of the molecule is C#CC1(OCCO)CC[C@@H]2[C@@H]3CCC4=CC(=O)CC[C@@H]4[C@@H]3CC[C@@]21C. The van der Waals surface area contributed by atoms with Crippen molar-refractivity contribution in [1.29, 1.82) is 0 Å². The maximum absolute atomic E-state index is 11.8. The van der Waals surface area contributed by atoms with Gasteiger partial charge in [0, 0.05) is 11.8 Å². The summed E-state index contributed by atoms with van der Waals surface area (Å²) in [4.78, 5) is 11.8. The van der Waals surface area contributed by atoms with Crippen molar-refractivity contribution in [3.63, 3.8) is 0 Å². The van der Waals surface area contributed by atoms with Crippen LogP contribution in [0.2, 0.25) is 0 Å². The minimum atomic E-state index is -0.510. The van der Waals surface area contributed by atoms with Crippen molar-refractivity contribution in [2.75, 3.05) is 13.2 Å². The van der Waals surface area contributed by atoms with E-state index in [2.05, 4.69) is 12.8 Å². The van der Waals surface area contributed by atoms with Gasteiger partial charge in [-0.05, 0) is 74.7 Å². The highest BCUT2D eigenvalue weighted by atomic mass is 16.5. The van der Waals surface area contributed by atoms with Crippen molar-refractivity contribution in [2.24, 2.45) is 29.1 Å². The Morgan fingerprint density at radius 3 is 2.84 bits per heavy atom. The lowest BCUT2D eigenvalue weighted by atomic mass is 9.50. The highest BCUT2D eigenvalue weighted by Crippen LogP contribution is 2.65. The van der Waals surface area contributed by atoms with Crippen LogP contribution in [-0.2, 0) is 9.53 Å². The number of aliphatic hydroxyl groups excluding tert-OH is 1.